The fourth-order valence-corrected chi connectivity index (χ4v) is 4.02. The molecule has 4 rings (SSSR count). The zero-order valence-electron chi connectivity index (χ0n) is 14.2. The number of fused-ring (bicyclic) bond motifs is 1. The summed E-state index contributed by atoms with van der Waals surface area (Å²) in [5.74, 6) is 2.94. The van der Waals surface area contributed by atoms with Crippen LogP contribution in [-0.4, -0.2) is 25.7 Å². The third-order valence-electron chi connectivity index (χ3n) is 5.90. The molecule has 1 aromatic rings. The normalized spacial score (nSPS) is 22.9. The molecular formula is C19H27N3O2. The summed E-state index contributed by atoms with van der Waals surface area (Å²) in [5.41, 5.74) is 7.46. The Morgan fingerprint density at radius 2 is 1.92 bits per heavy atom. The molecule has 3 aliphatic rings. The van der Waals surface area contributed by atoms with Gasteiger partial charge in [-0.25, -0.2) is 0 Å². The Labute approximate surface area is 143 Å². The molecule has 1 aliphatic heterocycles. The van der Waals surface area contributed by atoms with Crippen molar-refractivity contribution < 1.29 is 9.47 Å². The number of guanidine groups is 1. The average Bonchev–Trinajstić information content (AvgIpc) is 2.72. The number of ether oxygens (including phenoxy) is 2. The van der Waals surface area contributed by atoms with Gasteiger partial charge < -0.3 is 20.5 Å². The lowest BCUT2D eigenvalue weighted by Crippen LogP contribution is -2.44. The van der Waals surface area contributed by atoms with Gasteiger partial charge in [0.15, 0.2) is 17.5 Å². The minimum absolute atomic E-state index is 0.440. The summed E-state index contributed by atoms with van der Waals surface area (Å²) >= 11 is 0. The van der Waals surface area contributed by atoms with Crippen LogP contribution in [0.4, 0.5) is 5.69 Å². The molecule has 1 heterocycles. The van der Waals surface area contributed by atoms with Crippen molar-refractivity contribution in [3.8, 4) is 11.5 Å². The molecule has 130 valence electrons. The van der Waals surface area contributed by atoms with Crippen molar-refractivity contribution in [1.29, 1.82) is 0 Å². The number of anilines is 1. The first-order valence-corrected chi connectivity index (χ1v) is 9.22. The highest BCUT2D eigenvalue weighted by atomic mass is 16.5. The minimum atomic E-state index is 0.440. The lowest BCUT2D eigenvalue weighted by atomic mass is 9.55. The van der Waals surface area contributed by atoms with Crippen LogP contribution in [0.25, 0.3) is 0 Å². The number of hydrogen-bond donors (Lipinski definition) is 2. The van der Waals surface area contributed by atoms with Crippen molar-refractivity contribution in [3.05, 3.63) is 18.2 Å². The van der Waals surface area contributed by atoms with Crippen LogP contribution in [0.2, 0.25) is 0 Å². The molecule has 3 N–H and O–H groups in total. The highest BCUT2D eigenvalue weighted by molar-refractivity contribution is 5.92. The van der Waals surface area contributed by atoms with Crippen LogP contribution in [-0.2, 0) is 0 Å². The van der Waals surface area contributed by atoms with E-state index in [-0.39, 0.29) is 0 Å². The van der Waals surface area contributed by atoms with E-state index in [9.17, 15) is 0 Å². The third kappa shape index (κ3) is 3.04. The van der Waals surface area contributed by atoms with E-state index in [0.717, 1.165) is 36.1 Å². The standard InChI is InChI=1S/C19H27N3O2/c20-18(21-13-19(8-2-9-19)14-4-1-5-14)22-15-6-7-16-17(12-15)24-11-3-10-23-16/h6-7,12,14H,1-5,8-11,13H2,(H3,20,21,22). The molecule has 0 spiro atoms. The molecule has 24 heavy (non-hydrogen) atoms. The van der Waals surface area contributed by atoms with Crippen molar-refractivity contribution >= 4 is 11.6 Å². The number of benzene rings is 1. The quantitative estimate of drug-likeness (QED) is 0.655. The molecule has 1 aromatic carbocycles. The molecule has 0 radical (unpaired) electrons. The van der Waals surface area contributed by atoms with Crippen LogP contribution in [0.5, 0.6) is 11.5 Å². The van der Waals surface area contributed by atoms with Gasteiger partial charge in [-0.1, -0.05) is 12.8 Å². The van der Waals surface area contributed by atoms with E-state index in [1.807, 2.05) is 18.2 Å². The summed E-state index contributed by atoms with van der Waals surface area (Å²) < 4.78 is 11.4. The molecule has 0 unspecified atom stereocenters. The highest BCUT2D eigenvalue weighted by Crippen LogP contribution is 2.54. The lowest BCUT2D eigenvalue weighted by molar-refractivity contribution is 0.0116. The molecule has 2 saturated carbocycles. The van der Waals surface area contributed by atoms with Gasteiger partial charge in [-0.05, 0) is 49.1 Å². The molecular weight excluding hydrogens is 302 g/mol. The van der Waals surface area contributed by atoms with E-state index in [1.54, 1.807) is 0 Å². The average molecular weight is 329 g/mol. The van der Waals surface area contributed by atoms with Gasteiger partial charge in [0, 0.05) is 24.7 Å². The summed E-state index contributed by atoms with van der Waals surface area (Å²) in [6, 6.07) is 5.83. The Kier molecular flexibility index (Phi) is 4.25. The Balaban J connectivity index is 1.40. The predicted molar refractivity (Wildman–Crippen MR) is 95.8 cm³/mol. The number of nitrogens with two attached hydrogens (primary N) is 1. The van der Waals surface area contributed by atoms with E-state index in [2.05, 4.69) is 10.3 Å². The second-order valence-electron chi connectivity index (χ2n) is 7.38. The van der Waals surface area contributed by atoms with E-state index in [0.29, 0.717) is 24.6 Å². The van der Waals surface area contributed by atoms with E-state index >= 15 is 0 Å². The maximum Gasteiger partial charge on any atom is 0.193 e. The van der Waals surface area contributed by atoms with Gasteiger partial charge in [-0.2, -0.15) is 0 Å². The lowest BCUT2D eigenvalue weighted by Gasteiger charge is -2.51. The van der Waals surface area contributed by atoms with Gasteiger partial charge in [0.05, 0.1) is 13.2 Å². The fourth-order valence-electron chi connectivity index (χ4n) is 4.02. The molecule has 2 fully saturated rings. The number of hydrogen-bond acceptors (Lipinski definition) is 3. The van der Waals surface area contributed by atoms with Crippen LogP contribution in [0, 0.1) is 11.3 Å². The molecule has 0 bridgehead atoms. The van der Waals surface area contributed by atoms with Crippen LogP contribution in [0.3, 0.4) is 0 Å². The number of aliphatic imine (C=N–C) groups is 1. The molecule has 0 atom stereocenters. The third-order valence-corrected chi connectivity index (χ3v) is 5.90. The highest BCUT2D eigenvalue weighted by Gasteiger charge is 2.45. The van der Waals surface area contributed by atoms with Crippen LogP contribution < -0.4 is 20.5 Å². The van der Waals surface area contributed by atoms with E-state index in [1.165, 1.54) is 38.5 Å². The summed E-state index contributed by atoms with van der Waals surface area (Å²) in [7, 11) is 0. The zero-order valence-corrected chi connectivity index (χ0v) is 14.2. The molecule has 0 aromatic heterocycles. The van der Waals surface area contributed by atoms with E-state index < -0.39 is 0 Å². The molecule has 5 nitrogen and oxygen atoms in total. The van der Waals surface area contributed by atoms with Crippen molar-refractivity contribution in [3.63, 3.8) is 0 Å². The van der Waals surface area contributed by atoms with Crippen molar-refractivity contribution in [2.45, 2.75) is 44.9 Å². The van der Waals surface area contributed by atoms with Gasteiger partial charge in [0.25, 0.3) is 0 Å². The maximum atomic E-state index is 6.13. The predicted octanol–water partition coefficient (Wildman–Crippen LogP) is 3.54. The Morgan fingerprint density at radius 3 is 2.58 bits per heavy atom. The van der Waals surface area contributed by atoms with Crippen molar-refractivity contribution in [1.82, 2.24) is 0 Å². The Hall–Kier alpha value is -1.91. The van der Waals surface area contributed by atoms with Gasteiger partial charge in [-0.3, -0.25) is 4.99 Å². The van der Waals surface area contributed by atoms with Crippen LogP contribution in [0.15, 0.2) is 23.2 Å². The molecule has 2 aliphatic carbocycles. The second kappa shape index (κ2) is 6.54. The Bertz CT molecular complexity index is 621. The SMILES string of the molecule is NC(=NCC1(C2CCC2)CCC1)Nc1ccc2c(c1)OCCCO2. The molecule has 0 saturated heterocycles. The summed E-state index contributed by atoms with van der Waals surface area (Å²) in [6.07, 6.45) is 9.04. The largest absolute Gasteiger partial charge is 0.490 e. The topological polar surface area (TPSA) is 68.9 Å². The zero-order chi connectivity index (χ0) is 16.4. The van der Waals surface area contributed by atoms with Gasteiger partial charge in [-0.15, -0.1) is 0 Å². The van der Waals surface area contributed by atoms with Crippen molar-refractivity contribution in [2.24, 2.45) is 22.1 Å². The first-order valence-electron chi connectivity index (χ1n) is 9.22. The first kappa shape index (κ1) is 15.6. The smallest absolute Gasteiger partial charge is 0.193 e. The maximum absolute atomic E-state index is 6.13. The first-order chi connectivity index (χ1) is 11.8. The second-order valence-corrected chi connectivity index (χ2v) is 7.38. The summed E-state index contributed by atoms with van der Waals surface area (Å²) in [6.45, 7) is 2.25. The van der Waals surface area contributed by atoms with Crippen LogP contribution in [0.1, 0.15) is 44.9 Å². The summed E-state index contributed by atoms with van der Waals surface area (Å²) in [5, 5.41) is 3.20. The fraction of sp³-hybridized carbons (Fsp3) is 0.632. The van der Waals surface area contributed by atoms with Crippen molar-refractivity contribution in [2.75, 3.05) is 25.1 Å². The van der Waals surface area contributed by atoms with Gasteiger partial charge >= 0.3 is 0 Å². The Morgan fingerprint density at radius 1 is 1.12 bits per heavy atom. The summed E-state index contributed by atoms with van der Waals surface area (Å²) in [4.78, 5) is 4.66. The van der Waals surface area contributed by atoms with Gasteiger partial charge in [0.2, 0.25) is 0 Å². The number of nitrogens with one attached hydrogen (secondary N) is 1. The number of rotatable bonds is 4. The molecule has 0 amide bonds. The van der Waals surface area contributed by atoms with E-state index in [4.69, 9.17) is 15.2 Å². The minimum Gasteiger partial charge on any atom is -0.490 e. The van der Waals surface area contributed by atoms with Crippen LogP contribution >= 0.6 is 0 Å². The van der Waals surface area contributed by atoms with Gasteiger partial charge in [0.1, 0.15) is 0 Å². The molecule has 5 heteroatoms. The monoisotopic (exact) mass is 329 g/mol. The number of nitrogens with zero attached hydrogens (tertiary/aromatic N) is 1.